The molecule has 0 bridgehead atoms. The number of nitrogens with two attached hydrogens (primary N) is 1. The molecule has 3 aromatic carbocycles. The van der Waals surface area contributed by atoms with Crippen molar-refractivity contribution in [2.24, 2.45) is 5.73 Å². The molecule has 0 aromatic heterocycles. The Morgan fingerprint density at radius 3 is 1.74 bits per heavy atom. The van der Waals surface area contributed by atoms with Gasteiger partial charge in [0.25, 0.3) is 0 Å². The molecule has 2 N–H and O–H groups in total. The summed E-state index contributed by atoms with van der Waals surface area (Å²) in [5.41, 5.74) is 9.83. The van der Waals surface area contributed by atoms with Gasteiger partial charge in [-0.25, -0.2) is 0 Å². The number of benzene rings is 3. The molecule has 184 valence electrons. The van der Waals surface area contributed by atoms with Crippen LogP contribution in [0.3, 0.4) is 0 Å². The highest BCUT2D eigenvalue weighted by atomic mass is 16.6. The highest BCUT2D eigenvalue weighted by Gasteiger charge is 2.48. The lowest BCUT2D eigenvalue weighted by molar-refractivity contribution is -0.0899. The van der Waals surface area contributed by atoms with Crippen molar-refractivity contribution in [3.8, 4) is 0 Å². The summed E-state index contributed by atoms with van der Waals surface area (Å²) in [4.78, 5) is 0. The monoisotopic (exact) mass is 473 g/mol. The van der Waals surface area contributed by atoms with Gasteiger partial charge in [0.05, 0.1) is 26.4 Å². The van der Waals surface area contributed by atoms with Gasteiger partial charge in [0, 0.05) is 6.04 Å². The van der Waals surface area contributed by atoms with Gasteiger partial charge in [-0.05, 0) is 23.1 Å². The third-order valence-electron chi connectivity index (χ3n) is 6.17. The number of hydrogen-bond acceptors (Lipinski definition) is 5. The van der Waals surface area contributed by atoms with Crippen molar-refractivity contribution in [1.29, 1.82) is 0 Å². The van der Waals surface area contributed by atoms with E-state index in [0.717, 1.165) is 16.7 Å². The van der Waals surface area contributed by atoms with E-state index in [1.807, 2.05) is 72.8 Å². The molecule has 0 spiro atoms. The quantitative estimate of drug-likeness (QED) is 0.352. The molecule has 0 unspecified atom stereocenters. The van der Waals surface area contributed by atoms with E-state index in [2.05, 4.69) is 30.8 Å². The van der Waals surface area contributed by atoms with Crippen LogP contribution in [-0.4, -0.2) is 37.1 Å². The molecule has 1 saturated heterocycles. The van der Waals surface area contributed by atoms with Crippen LogP contribution in [0, 0.1) is 0 Å². The highest BCUT2D eigenvalue weighted by Crippen LogP contribution is 2.31. The Labute approximate surface area is 208 Å². The molecule has 1 aliphatic rings. The summed E-state index contributed by atoms with van der Waals surface area (Å²) in [7, 11) is 0. The minimum Gasteiger partial charge on any atom is -0.374 e. The van der Waals surface area contributed by atoms with Gasteiger partial charge in [0.2, 0.25) is 0 Å². The van der Waals surface area contributed by atoms with Gasteiger partial charge in [-0.2, -0.15) is 0 Å². The van der Waals surface area contributed by atoms with E-state index in [4.69, 9.17) is 24.7 Å². The van der Waals surface area contributed by atoms with E-state index >= 15 is 0 Å². The van der Waals surface area contributed by atoms with Gasteiger partial charge in [0.1, 0.15) is 24.4 Å². The van der Waals surface area contributed by atoms with E-state index in [0.29, 0.717) is 32.8 Å². The van der Waals surface area contributed by atoms with Gasteiger partial charge in [-0.15, -0.1) is 6.58 Å². The fraction of sp³-hybridized carbons (Fsp3) is 0.333. The molecule has 0 aliphatic carbocycles. The summed E-state index contributed by atoms with van der Waals surface area (Å²) in [6, 6.07) is 30.1. The van der Waals surface area contributed by atoms with E-state index in [-0.39, 0.29) is 30.5 Å². The molecule has 3 aromatic rings. The molecular formula is C30H35NO4. The molecule has 0 saturated carbocycles. The molecule has 5 heteroatoms. The predicted octanol–water partition coefficient (Wildman–Crippen LogP) is 5.04. The molecule has 4 rings (SSSR count). The molecule has 35 heavy (non-hydrogen) atoms. The first-order chi connectivity index (χ1) is 17.2. The first kappa shape index (κ1) is 25.3. The predicted molar refractivity (Wildman–Crippen MR) is 138 cm³/mol. The summed E-state index contributed by atoms with van der Waals surface area (Å²) in [5.74, 6) is 0. The van der Waals surface area contributed by atoms with Crippen LogP contribution >= 0.6 is 0 Å². The van der Waals surface area contributed by atoms with Crippen LogP contribution in [0.1, 0.15) is 23.1 Å². The van der Waals surface area contributed by atoms with E-state index in [1.165, 1.54) is 0 Å². The second-order valence-corrected chi connectivity index (χ2v) is 8.85. The Morgan fingerprint density at radius 2 is 1.23 bits per heavy atom. The fourth-order valence-corrected chi connectivity index (χ4v) is 4.35. The minimum atomic E-state index is -0.334. The van der Waals surface area contributed by atoms with Crippen LogP contribution in [0.15, 0.2) is 104 Å². The minimum absolute atomic E-state index is 0.254. The van der Waals surface area contributed by atoms with Gasteiger partial charge in [-0.1, -0.05) is 97.1 Å². The highest BCUT2D eigenvalue weighted by molar-refractivity contribution is 5.15. The van der Waals surface area contributed by atoms with Crippen molar-refractivity contribution in [3.05, 3.63) is 120 Å². The first-order valence-electron chi connectivity index (χ1n) is 12.2. The lowest BCUT2D eigenvalue weighted by atomic mass is 10.00. The molecule has 5 atom stereocenters. The van der Waals surface area contributed by atoms with Gasteiger partial charge >= 0.3 is 0 Å². The maximum Gasteiger partial charge on any atom is 0.115 e. The third kappa shape index (κ3) is 7.34. The zero-order valence-corrected chi connectivity index (χ0v) is 20.1. The first-order valence-corrected chi connectivity index (χ1v) is 12.2. The molecule has 5 nitrogen and oxygen atoms in total. The summed E-state index contributed by atoms with van der Waals surface area (Å²) >= 11 is 0. The fourth-order valence-electron chi connectivity index (χ4n) is 4.35. The number of ether oxygens (including phenoxy) is 4. The van der Waals surface area contributed by atoms with Crippen molar-refractivity contribution in [2.75, 3.05) is 6.61 Å². The van der Waals surface area contributed by atoms with Crippen molar-refractivity contribution in [3.63, 3.8) is 0 Å². The lowest BCUT2D eigenvalue weighted by Gasteiger charge is -2.27. The molecule has 0 amide bonds. The smallest absolute Gasteiger partial charge is 0.115 e. The van der Waals surface area contributed by atoms with Crippen LogP contribution in [0.25, 0.3) is 0 Å². The van der Waals surface area contributed by atoms with E-state index in [1.54, 1.807) is 0 Å². The topological polar surface area (TPSA) is 62.9 Å². The summed E-state index contributed by atoms with van der Waals surface area (Å²) < 4.78 is 25.4. The third-order valence-corrected chi connectivity index (χ3v) is 6.17. The lowest BCUT2D eigenvalue weighted by Crippen LogP contribution is -2.45. The van der Waals surface area contributed by atoms with Gasteiger partial charge in [0.15, 0.2) is 0 Å². The van der Waals surface area contributed by atoms with Crippen LogP contribution in [0.5, 0.6) is 0 Å². The van der Waals surface area contributed by atoms with Crippen molar-refractivity contribution >= 4 is 0 Å². The zero-order valence-electron chi connectivity index (χ0n) is 20.1. The normalized spacial score (nSPS) is 22.7. The second kappa shape index (κ2) is 13.3. The van der Waals surface area contributed by atoms with Crippen molar-refractivity contribution in [2.45, 2.75) is 56.7 Å². The summed E-state index contributed by atoms with van der Waals surface area (Å²) in [6.45, 7) is 5.66. The van der Waals surface area contributed by atoms with Gasteiger partial charge in [-0.3, -0.25) is 0 Å². The molecule has 0 radical (unpaired) electrons. The van der Waals surface area contributed by atoms with Crippen LogP contribution < -0.4 is 5.73 Å². The maximum atomic E-state index is 6.53. The molecule has 1 aliphatic heterocycles. The Balaban J connectivity index is 1.49. The Hall–Kier alpha value is -2.80. The van der Waals surface area contributed by atoms with Crippen LogP contribution in [0.4, 0.5) is 0 Å². The average Bonchev–Trinajstić information content (AvgIpc) is 3.25. The largest absolute Gasteiger partial charge is 0.374 e. The second-order valence-electron chi connectivity index (χ2n) is 8.85. The molecule has 1 heterocycles. The SMILES string of the molecule is C=CC[C@@H](N)[C@@H]1O[C@H](COCc2ccccc2)[C@@H](OCc2ccccc2)[C@@H]1OCc1ccccc1. The Morgan fingerprint density at radius 1 is 0.743 bits per heavy atom. The summed E-state index contributed by atoms with van der Waals surface area (Å²) in [6.07, 6.45) is 1.15. The standard InChI is InChI=1S/C30H35NO4/c1-2-12-26(31)28-30(34-21-25-17-10-5-11-18-25)29(33-20-24-15-8-4-9-16-24)27(35-28)22-32-19-23-13-6-3-7-14-23/h2-11,13-18,26-30H,1,12,19-22,31H2/t26-,27-,28+,29-,30-/m1/s1. The van der Waals surface area contributed by atoms with Crippen LogP contribution in [-0.2, 0) is 38.8 Å². The average molecular weight is 474 g/mol. The zero-order chi connectivity index (χ0) is 24.3. The number of hydrogen-bond donors (Lipinski definition) is 1. The van der Waals surface area contributed by atoms with Crippen molar-refractivity contribution in [1.82, 2.24) is 0 Å². The maximum absolute atomic E-state index is 6.53. The molecule has 1 fully saturated rings. The van der Waals surface area contributed by atoms with E-state index < -0.39 is 0 Å². The van der Waals surface area contributed by atoms with Crippen molar-refractivity contribution < 1.29 is 18.9 Å². The Bertz CT molecular complexity index is 999. The van der Waals surface area contributed by atoms with Crippen LogP contribution in [0.2, 0.25) is 0 Å². The summed E-state index contributed by atoms with van der Waals surface area (Å²) in [5, 5.41) is 0. The van der Waals surface area contributed by atoms with Gasteiger partial charge < -0.3 is 24.7 Å². The molecular weight excluding hydrogens is 438 g/mol. The van der Waals surface area contributed by atoms with E-state index in [9.17, 15) is 0 Å². The number of rotatable bonds is 13. The Kier molecular flexibility index (Phi) is 9.64.